The molecule has 115 heavy (non-hydrogen) atoms. The second-order valence-electron chi connectivity index (χ2n) is 33.5. The van der Waals surface area contributed by atoms with Crippen LogP contribution in [0.5, 0.6) is 0 Å². The van der Waals surface area contributed by atoms with Gasteiger partial charge in [0.15, 0.2) is 18.9 Å². The molecule has 0 aromatic carbocycles. The number of aliphatic hydroxyl groups is 11. The van der Waals surface area contributed by atoms with Crippen molar-refractivity contribution < 1.29 is 89.4 Å². The highest BCUT2D eigenvalue weighted by Crippen LogP contribution is 2.34. The lowest BCUT2D eigenvalue weighted by Crippen LogP contribution is -2.66. The maximum absolute atomic E-state index is 13.6. The molecule has 3 aliphatic heterocycles. The van der Waals surface area contributed by atoms with Crippen molar-refractivity contribution in [3.8, 4) is 0 Å². The molecule has 17 atom stereocenters. The van der Waals surface area contributed by atoms with Crippen molar-refractivity contribution in [2.45, 2.75) is 491 Å². The largest absolute Gasteiger partial charge is 0.394 e. The minimum atomic E-state index is -1.98. The van der Waals surface area contributed by atoms with Gasteiger partial charge in [0.1, 0.15) is 73.2 Å². The van der Waals surface area contributed by atoms with Crippen LogP contribution in [0.25, 0.3) is 0 Å². The van der Waals surface area contributed by atoms with Crippen molar-refractivity contribution in [1.29, 1.82) is 0 Å². The number of rotatable bonds is 77. The minimum absolute atomic E-state index is 0.238. The second-order valence-corrected chi connectivity index (χ2v) is 33.5. The molecule has 0 aromatic rings. The van der Waals surface area contributed by atoms with Gasteiger partial charge in [-0.1, -0.05) is 394 Å². The lowest BCUT2D eigenvalue weighted by atomic mass is 9.96. The minimum Gasteiger partial charge on any atom is -0.394 e. The summed E-state index contributed by atoms with van der Waals surface area (Å²) in [6, 6.07) is -0.893. The summed E-state index contributed by atoms with van der Waals surface area (Å²) in [6.45, 7) is 1.75. The standard InChI is InChI=1S/C96H173NO18/c1-3-5-7-9-11-13-15-17-19-21-23-25-27-29-31-33-35-36-37-38-39-40-41-42-44-46-48-50-52-54-56-58-60-62-64-66-68-70-72-74-84(102)97-79(80(101)73-71-69-67-65-63-61-59-57-55-53-51-49-47-45-43-34-32-30-28-26-24-22-20-18-16-14-12-10-8-6-4-2)78-110-94-90(108)87(105)92(82(76-99)112-94)115-96-91(109)88(106)93(83(77-100)113-96)114-95-89(107)86(104)85(103)81(75-98)111-95/h5,7,11,13,17,19,23,25,29,31,35-36,38-39,79-83,85-96,98-101,103-109H,3-4,6,8-10,12,14-16,18,20-22,24,26-28,30,32-34,37,40-78H2,1-2H3,(H,97,102)/b7-5-,13-11-,19-17-,25-23-,31-29-,36-35-,39-38-. The first kappa shape index (κ1) is 106. The van der Waals surface area contributed by atoms with Crippen molar-refractivity contribution in [1.82, 2.24) is 5.32 Å². The number of hydrogen-bond donors (Lipinski definition) is 12. The maximum Gasteiger partial charge on any atom is 0.220 e. The van der Waals surface area contributed by atoms with Crippen molar-refractivity contribution in [3.63, 3.8) is 0 Å². The molecule has 12 N–H and O–H groups in total. The summed E-state index contributed by atoms with van der Waals surface area (Å²) in [7, 11) is 0. The van der Waals surface area contributed by atoms with Crippen LogP contribution in [0.15, 0.2) is 85.1 Å². The lowest BCUT2D eigenvalue weighted by Gasteiger charge is -2.48. The quantitative estimate of drug-likeness (QED) is 0.0199. The molecule has 0 spiro atoms. The van der Waals surface area contributed by atoms with Gasteiger partial charge in [-0.25, -0.2) is 0 Å². The van der Waals surface area contributed by atoms with E-state index in [1.54, 1.807) is 0 Å². The van der Waals surface area contributed by atoms with E-state index in [2.05, 4.69) is 104 Å². The lowest BCUT2D eigenvalue weighted by molar-refractivity contribution is -0.379. The van der Waals surface area contributed by atoms with E-state index in [4.69, 9.17) is 28.4 Å². The molecular formula is C96H173NO18. The Morgan fingerprint density at radius 1 is 0.322 bits per heavy atom. The Bertz CT molecular complexity index is 2400. The van der Waals surface area contributed by atoms with E-state index < -0.39 is 124 Å². The Kier molecular flexibility index (Phi) is 69.0. The predicted octanol–water partition coefficient (Wildman–Crippen LogP) is 18.9. The summed E-state index contributed by atoms with van der Waals surface area (Å²) < 4.78 is 34.6. The summed E-state index contributed by atoms with van der Waals surface area (Å²) in [5, 5.41) is 121. The maximum atomic E-state index is 13.6. The van der Waals surface area contributed by atoms with E-state index >= 15 is 0 Å². The van der Waals surface area contributed by atoms with Crippen molar-refractivity contribution in [3.05, 3.63) is 85.1 Å². The van der Waals surface area contributed by atoms with Crippen LogP contribution < -0.4 is 5.32 Å². The smallest absolute Gasteiger partial charge is 0.220 e. The third-order valence-electron chi connectivity index (χ3n) is 23.2. The molecule has 3 heterocycles. The van der Waals surface area contributed by atoms with Gasteiger partial charge < -0.3 is 89.9 Å². The highest BCUT2D eigenvalue weighted by Gasteiger charge is 2.54. The molecule has 3 saturated heterocycles. The molecule has 17 unspecified atom stereocenters. The first-order chi connectivity index (χ1) is 56.3. The van der Waals surface area contributed by atoms with Crippen molar-refractivity contribution in [2.75, 3.05) is 26.4 Å². The average molecular weight is 1630 g/mol. The van der Waals surface area contributed by atoms with Crippen LogP contribution in [0.3, 0.4) is 0 Å². The number of nitrogens with one attached hydrogen (secondary N) is 1. The molecular weight excluding hydrogens is 1460 g/mol. The van der Waals surface area contributed by atoms with Gasteiger partial charge in [-0.2, -0.15) is 0 Å². The number of unbranched alkanes of at least 4 members (excludes halogenated alkanes) is 47. The van der Waals surface area contributed by atoms with Gasteiger partial charge in [0, 0.05) is 6.42 Å². The van der Waals surface area contributed by atoms with Gasteiger partial charge in [0.2, 0.25) is 5.91 Å². The normalized spacial score (nSPS) is 25.0. The van der Waals surface area contributed by atoms with Gasteiger partial charge >= 0.3 is 0 Å². The summed E-state index contributed by atoms with van der Waals surface area (Å²) in [4.78, 5) is 13.6. The van der Waals surface area contributed by atoms with E-state index in [0.717, 1.165) is 89.9 Å². The SMILES string of the molecule is CC/C=C\C/C=C\C/C=C\C/C=C\C/C=C\C/C=C\C/C=C\CCCCCCCCCCCCCCCCCCCC(=O)NC(COC1OC(CO)C(OC2OC(CO)C(OC3OC(CO)C(O)C(O)C3O)C(O)C2O)C(O)C1O)C(O)CCCCCCCCCCCCCCCCCCCCCCCCCCCCCCCCC. The second kappa shape index (κ2) is 74.8. The fraction of sp³-hybridized carbons (Fsp3) is 0.844. The molecule has 19 heteroatoms. The zero-order valence-corrected chi connectivity index (χ0v) is 72.5. The fourth-order valence-corrected chi connectivity index (χ4v) is 15.8. The number of aliphatic hydroxyl groups excluding tert-OH is 11. The third-order valence-corrected chi connectivity index (χ3v) is 23.2. The van der Waals surface area contributed by atoms with E-state index in [9.17, 15) is 61.0 Å². The highest BCUT2D eigenvalue weighted by atomic mass is 16.8. The van der Waals surface area contributed by atoms with Gasteiger partial charge in [0.05, 0.1) is 38.6 Å². The van der Waals surface area contributed by atoms with E-state index in [1.807, 2.05) is 0 Å². The van der Waals surface area contributed by atoms with E-state index in [-0.39, 0.29) is 18.9 Å². The van der Waals surface area contributed by atoms with Crippen molar-refractivity contribution in [2.24, 2.45) is 0 Å². The Morgan fingerprint density at radius 3 is 0.939 bits per heavy atom. The summed E-state index contributed by atoms with van der Waals surface area (Å²) in [6.07, 6.45) is 75.5. The Labute approximate surface area is 699 Å². The molecule has 19 nitrogen and oxygen atoms in total. The van der Waals surface area contributed by atoms with Gasteiger partial charge in [-0.05, 0) is 70.6 Å². The first-order valence-corrected chi connectivity index (χ1v) is 47.3. The van der Waals surface area contributed by atoms with Crippen LogP contribution >= 0.6 is 0 Å². The molecule has 3 aliphatic rings. The van der Waals surface area contributed by atoms with E-state index in [1.165, 1.54) is 263 Å². The molecule has 1 amide bonds. The molecule has 0 aliphatic carbocycles. The molecule has 0 bridgehead atoms. The Morgan fingerprint density at radius 2 is 0.600 bits per heavy atom. The highest BCUT2D eigenvalue weighted by molar-refractivity contribution is 5.76. The van der Waals surface area contributed by atoms with Gasteiger partial charge in [0.25, 0.3) is 0 Å². The van der Waals surface area contributed by atoms with Crippen LogP contribution in [0.4, 0.5) is 0 Å². The zero-order chi connectivity index (χ0) is 83.1. The fourth-order valence-electron chi connectivity index (χ4n) is 15.8. The number of allylic oxidation sites excluding steroid dienone is 14. The number of carbonyl (C=O) groups is 1. The predicted molar refractivity (Wildman–Crippen MR) is 466 cm³/mol. The average Bonchev–Trinajstić information content (AvgIpc) is 0.779. The number of amides is 1. The molecule has 0 saturated carbocycles. The van der Waals surface area contributed by atoms with Crippen molar-refractivity contribution >= 4 is 5.91 Å². The van der Waals surface area contributed by atoms with E-state index in [0.29, 0.717) is 12.8 Å². The summed E-state index contributed by atoms with van der Waals surface area (Å²) in [5.41, 5.74) is 0. The van der Waals surface area contributed by atoms with Crippen LogP contribution in [0.2, 0.25) is 0 Å². The monoisotopic (exact) mass is 1630 g/mol. The first-order valence-electron chi connectivity index (χ1n) is 47.3. The molecule has 0 radical (unpaired) electrons. The van der Waals surface area contributed by atoms with Crippen LogP contribution in [-0.2, 0) is 33.2 Å². The third kappa shape index (κ3) is 52.8. The van der Waals surface area contributed by atoms with Crippen LogP contribution in [-0.4, -0.2) is 193 Å². The van der Waals surface area contributed by atoms with Crippen LogP contribution in [0.1, 0.15) is 386 Å². The number of ether oxygens (including phenoxy) is 6. The zero-order valence-electron chi connectivity index (χ0n) is 72.5. The van der Waals surface area contributed by atoms with Gasteiger partial charge in [-0.15, -0.1) is 0 Å². The Hall–Kier alpha value is -3.03. The molecule has 0 aromatic heterocycles. The van der Waals surface area contributed by atoms with Gasteiger partial charge in [-0.3, -0.25) is 4.79 Å². The summed E-state index contributed by atoms with van der Waals surface area (Å²) in [5.74, 6) is -0.238. The van der Waals surface area contributed by atoms with Crippen LogP contribution in [0, 0.1) is 0 Å². The molecule has 670 valence electrons. The molecule has 3 fully saturated rings. The summed E-state index contributed by atoms with van der Waals surface area (Å²) >= 11 is 0. The Balaban J connectivity index is 1.30. The number of hydrogen-bond acceptors (Lipinski definition) is 18. The topological polar surface area (TPSA) is 307 Å². The number of carbonyl (C=O) groups excluding carboxylic acids is 1. The molecule has 3 rings (SSSR count).